The van der Waals surface area contributed by atoms with Crippen LogP contribution < -0.4 is 0 Å². The minimum absolute atomic E-state index is 0.147. The van der Waals surface area contributed by atoms with Crippen LogP contribution >= 0.6 is 0 Å². The van der Waals surface area contributed by atoms with Crippen molar-refractivity contribution in [3.8, 4) is 17.2 Å². The van der Waals surface area contributed by atoms with Gasteiger partial charge in [0.1, 0.15) is 5.75 Å². The molecule has 0 atom stereocenters. The molecule has 2 aromatic carbocycles. The number of benzene rings is 2. The number of hydrogen-bond acceptors (Lipinski definition) is 6. The van der Waals surface area contributed by atoms with Crippen LogP contribution in [0.4, 0.5) is 0 Å². The Balaban J connectivity index is 0.000000160. The molecule has 1 aromatic heterocycles. The predicted molar refractivity (Wildman–Crippen MR) is 179 cm³/mol. The number of aromatic nitrogens is 1. The standard InChI is InChI=1S/C26H34O2.C14H14N2O.O.V/c27-23-8-21(25-9-15-1-16(10-25)3-17(2-15)11-25)7-22(24(23)28)26-12-18-4-19(13-26)6-20(5-18)14-26;17-14-7-2-1-5-12(14)11-15-10-8-13-6-3-4-9-16-13;;/h7-8,15-20,27-28H,1-6,9-14H2;1-7,9,11,17H,8,10H2;;. The molecule has 7 heteroatoms. The van der Waals surface area contributed by atoms with Gasteiger partial charge < -0.3 is 15.3 Å². The number of para-hydroxylation sites is 1. The molecule has 0 aliphatic heterocycles. The van der Waals surface area contributed by atoms with Crippen molar-refractivity contribution >= 4 is 6.21 Å². The van der Waals surface area contributed by atoms with Gasteiger partial charge in [-0.3, -0.25) is 9.98 Å². The van der Waals surface area contributed by atoms with Crippen LogP contribution in [-0.2, 0) is 38.3 Å². The molecule has 11 rings (SSSR count). The molecule has 8 aliphatic carbocycles. The van der Waals surface area contributed by atoms with E-state index in [9.17, 15) is 15.3 Å². The Hall–Kier alpha value is -2.96. The van der Waals surface area contributed by atoms with Gasteiger partial charge in [0, 0.05) is 42.2 Å². The molecular weight excluding hydrogens is 623 g/mol. The van der Waals surface area contributed by atoms with Crippen LogP contribution in [0.15, 0.2) is 65.8 Å². The fourth-order valence-electron chi connectivity index (χ4n) is 11.7. The van der Waals surface area contributed by atoms with Crippen LogP contribution in [0.5, 0.6) is 17.2 Å². The topological polar surface area (TPSA) is 103 Å². The van der Waals surface area contributed by atoms with Crippen LogP contribution in [0.1, 0.15) is 99.4 Å². The van der Waals surface area contributed by atoms with Crippen molar-refractivity contribution in [2.75, 3.05) is 6.54 Å². The maximum atomic E-state index is 11.0. The number of rotatable bonds is 6. The van der Waals surface area contributed by atoms with E-state index >= 15 is 0 Å². The zero-order valence-corrected chi connectivity index (χ0v) is 28.7. The molecule has 8 saturated carbocycles. The summed E-state index contributed by atoms with van der Waals surface area (Å²) in [5.41, 5.74) is 4.73. The molecule has 6 nitrogen and oxygen atoms in total. The Labute approximate surface area is 288 Å². The molecule has 3 N–H and O–H groups in total. The first-order chi connectivity index (χ1) is 22.9. The van der Waals surface area contributed by atoms with Gasteiger partial charge in [-0.15, -0.1) is 0 Å². The molecule has 47 heavy (non-hydrogen) atoms. The van der Waals surface area contributed by atoms with Gasteiger partial charge in [-0.25, -0.2) is 0 Å². The van der Waals surface area contributed by atoms with Gasteiger partial charge in [-0.1, -0.05) is 24.3 Å². The number of nitrogens with zero attached hydrogens (tertiary/aromatic N) is 2. The van der Waals surface area contributed by atoms with E-state index in [0.29, 0.717) is 6.54 Å². The van der Waals surface area contributed by atoms with Crippen molar-refractivity contribution in [1.29, 1.82) is 0 Å². The summed E-state index contributed by atoms with van der Waals surface area (Å²) in [4.78, 5) is 8.49. The fourth-order valence-corrected chi connectivity index (χ4v) is 11.7. The molecular formula is C40H48N2O4V. The Morgan fingerprint density at radius 3 is 1.77 bits per heavy atom. The fraction of sp³-hybridized carbons (Fsp3) is 0.550. The number of aromatic hydroxyl groups is 3. The molecule has 8 bridgehead atoms. The zero-order chi connectivity index (χ0) is 32.6. The Morgan fingerprint density at radius 2 is 1.23 bits per heavy atom. The number of pyridine rings is 1. The van der Waals surface area contributed by atoms with Gasteiger partial charge in [0.2, 0.25) is 0 Å². The Bertz CT molecular complexity index is 1520. The zero-order valence-electron chi connectivity index (χ0n) is 27.3. The van der Waals surface area contributed by atoms with Gasteiger partial charge in [-0.2, -0.15) is 0 Å². The van der Waals surface area contributed by atoms with Gasteiger partial charge in [0.05, 0.1) is 0 Å². The van der Waals surface area contributed by atoms with E-state index in [2.05, 4.69) is 16.0 Å². The summed E-state index contributed by atoms with van der Waals surface area (Å²) < 4.78 is 8.19. The van der Waals surface area contributed by atoms with Crippen molar-refractivity contribution in [1.82, 2.24) is 4.98 Å². The number of phenolic OH excluding ortho intramolecular Hbond substituents is 3. The van der Waals surface area contributed by atoms with Gasteiger partial charge >= 0.3 is 21.0 Å². The molecule has 0 radical (unpaired) electrons. The average molecular weight is 672 g/mol. The van der Waals surface area contributed by atoms with Crippen molar-refractivity contribution in [2.45, 2.75) is 94.3 Å². The van der Waals surface area contributed by atoms with E-state index in [1.807, 2.05) is 36.4 Å². The average Bonchev–Trinajstić information content (AvgIpc) is 3.05. The van der Waals surface area contributed by atoms with Crippen molar-refractivity contribution in [2.24, 2.45) is 40.5 Å². The number of hydrogen-bond donors (Lipinski definition) is 3. The summed E-state index contributed by atoms with van der Waals surface area (Å²) in [5.74, 6) is 5.94. The van der Waals surface area contributed by atoms with Crippen molar-refractivity contribution in [3.05, 3.63) is 83.2 Å². The maximum absolute atomic E-state index is 11.0. The summed E-state index contributed by atoms with van der Waals surface area (Å²) in [6, 6.07) is 17.4. The second-order valence-corrected chi connectivity index (χ2v) is 16.0. The third-order valence-electron chi connectivity index (χ3n) is 12.7. The summed E-state index contributed by atoms with van der Waals surface area (Å²) in [6.07, 6.45) is 20.6. The van der Waals surface area contributed by atoms with Crippen molar-refractivity contribution in [3.63, 3.8) is 0 Å². The van der Waals surface area contributed by atoms with Crippen LogP contribution in [0.3, 0.4) is 0 Å². The molecule has 3 aromatic rings. The van der Waals surface area contributed by atoms with Crippen LogP contribution in [0.25, 0.3) is 0 Å². The van der Waals surface area contributed by atoms with Crippen LogP contribution in [0.2, 0.25) is 0 Å². The molecule has 0 saturated heterocycles. The third-order valence-corrected chi connectivity index (χ3v) is 12.7. The van der Waals surface area contributed by atoms with Crippen LogP contribution in [-0.4, -0.2) is 33.1 Å². The van der Waals surface area contributed by atoms with E-state index in [4.69, 9.17) is 3.67 Å². The second-order valence-electron chi connectivity index (χ2n) is 16.0. The minimum atomic E-state index is 0.147. The van der Waals surface area contributed by atoms with E-state index in [-0.39, 0.29) is 28.1 Å². The summed E-state index contributed by atoms with van der Waals surface area (Å²) in [6.45, 7) is 0.672. The number of phenols is 3. The quantitative estimate of drug-likeness (QED) is 0.181. The van der Waals surface area contributed by atoms with Crippen LogP contribution in [0, 0.1) is 35.5 Å². The monoisotopic (exact) mass is 671 g/mol. The summed E-state index contributed by atoms with van der Waals surface area (Å²) in [5, 5.41) is 31.4. The second kappa shape index (κ2) is 13.5. The Kier molecular flexibility index (Phi) is 9.37. The third kappa shape index (κ3) is 6.57. The van der Waals surface area contributed by atoms with E-state index < -0.39 is 0 Å². The van der Waals surface area contributed by atoms with E-state index in [1.54, 1.807) is 24.5 Å². The summed E-state index contributed by atoms with van der Waals surface area (Å²) in [7, 11) is 0. The molecule has 1 heterocycles. The first kappa shape index (κ1) is 32.6. The number of aliphatic imine (C=N–C) groups is 1. The predicted octanol–water partition coefficient (Wildman–Crippen LogP) is 8.36. The molecule has 0 spiro atoms. The molecule has 0 unspecified atom stereocenters. The molecule has 0 amide bonds. The molecule has 8 aliphatic rings. The normalized spacial score (nSPS) is 34.0. The van der Waals surface area contributed by atoms with E-state index in [0.717, 1.165) is 76.1 Å². The van der Waals surface area contributed by atoms with Gasteiger partial charge in [0.15, 0.2) is 11.5 Å². The first-order valence-corrected chi connectivity index (χ1v) is 18.4. The molecule has 8 fully saturated rings. The van der Waals surface area contributed by atoms with Gasteiger partial charge in [0.25, 0.3) is 0 Å². The van der Waals surface area contributed by atoms with Gasteiger partial charge in [-0.05, 0) is 159 Å². The summed E-state index contributed by atoms with van der Waals surface area (Å²) >= 11 is 1.06. The van der Waals surface area contributed by atoms with E-state index in [1.165, 1.54) is 82.6 Å². The Morgan fingerprint density at radius 1 is 0.702 bits per heavy atom. The molecule has 247 valence electrons. The van der Waals surface area contributed by atoms with Crippen molar-refractivity contribution < 1.29 is 36.4 Å². The SMILES string of the molecule is Oc1cc(C23CC4CC(CC(C4)C2)C3)cc(C23CC4CC(CC(C4)C2)C3)c1O.Oc1ccccc1C=NCCc1ccccn1.[O]=[V]. The first-order valence-electron chi connectivity index (χ1n) is 17.8.